The van der Waals surface area contributed by atoms with Crippen LogP contribution >= 0.6 is 0 Å². The number of rotatable bonds is 1. The number of nitriles is 1. The van der Waals surface area contributed by atoms with Crippen molar-refractivity contribution in [3.05, 3.63) is 18.1 Å². The van der Waals surface area contributed by atoms with E-state index < -0.39 is 18.4 Å². The Bertz CT molecular complexity index is 305. The van der Waals surface area contributed by atoms with Crippen LogP contribution < -0.4 is 3.71 Å². The molecule has 0 fully saturated rings. The van der Waals surface area contributed by atoms with E-state index in [0.29, 0.717) is 5.69 Å². The fourth-order valence-electron chi connectivity index (χ4n) is 0.773. The van der Waals surface area contributed by atoms with Crippen LogP contribution in [0.1, 0.15) is 5.69 Å². The summed E-state index contributed by atoms with van der Waals surface area (Å²) in [6.07, 6.45) is 3.30. The van der Waals surface area contributed by atoms with Crippen LogP contribution in [-0.2, 0) is 0 Å². The van der Waals surface area contributed by atoms with Crippen LogP contribution in [0.25, 0.3) is 0 Å². The Balaban J connectivity index is 3.02. The zero-order chi connectivity index (χ0) is 9.19. The van der Waals surface area contributed by atoms with Crippen molar-refractivity contribution >= 4 is 22.1 Å². The molecular formula is C8H11N3Sn. The zero-order valence-electron chi connectivity index (χ0n) is 7.50. The molecule has 1 rings (SSSR count). The maximum atomic E-state index is 8.50. The molecule has 0 aromatic carbocycles. The van der Waals surface area contributed by atoms with Gasteiger partial charge in [0.25, 0.3) is 0 Å². The molecule has 0 saturated heterocycles. The quantitative estimate of drug-likeness (QED) is 0.711. The number of aromatic nitrogens is 2. The first-order valence-corrected chi connectivity index (χ1v) is 13.8. The average molecular weight is 268 g/mol. The van der Waals surface area contributed by atoms with Crippen LogP contribution in [-0.4, -0.2) is 28.3 Å². The van der Waals surface area contributed by atoms with E-state index in [1.807, 2.05) is 6.07 Å². The molecule has 0 aliphatic rings. The molecule has 1 aromatic rings. The van der Waals surface area contributed by atoms with Gasteiger partial charge in [-0.15, -0.1) is 0 Å². The zero-order valence-corrected chi connectivity index (χ0v) is 10.4. The van der Waals surface area contributed by atoms with Gasteiger partial charge in [-0.3, -0.25) is 0 Å². The van der Waals surface area contributed by atoms with Gasteiger partial charge in [0, 0.05) is 0 Å². The van der Waals surface area contributed by atoms with E-state index in [2.05, 4.69) is 24.8 Å². The molecule has 3 nitrogen and oxygen atoms in total. The molecule has 0 unspecified atom stereocenters. The molecule has 0 saturated carbocycles. The van der Waals surface area contributed by atoms with Gasteiger partial charge in [-0.05, 0) is 0 Å². The summed E-state index contributed by atoms with van der Waals surface area (Å²) in [5.41, 5.74) is 0.397. The molecule has 0 aliphatic heterocycles. The standard InChI is InChI=1S/C5H2N3.3CH3.Sn/c6-3-5-4-7-1-2-8-5;;;;/h2,4H;3*1H3;. The second kappa shape index (κ2) is 3.40. The molecule has 12 heavy (non-hydrogen) atoms. The van der Waals surface area contributed by atoms with Crippen molar-refractivity contribution in [3.63, 3.8) is 0 Å². The van der Waals surface area contributed by atoms with Crippen molar-refractivity contribution < 1.29 is 0 Å². The summed E-state index contributed by atoms with van der Waals surface area (Å²) >= 11 is -2.04. The van der Waals surface area contributed by atoms with Crippen molar-refractivity contribution in [2.75, 3.05) is 0 Å². The van der Waals surface area contributed by atoms with Crippen LogP contribution in [0, 0.1) is 11.3 Å². The van der Waals surface area contributed by atoms with Gasteiger partial charge in [0.05, 0.1) is 0 Å². The van der Waals surface area contributed by atoms with E-state index in [4.69, 9.17) is 5.26 Å². The number of hydrogen-bond donors (Lipinski definition) is 0. The third kappa shape index (κ3) is 2.18. The number of hydrogen-bond acceptors (Lipinski definition) is 3. The molecule has 4 heteroatoms. The predicted octanol–water partition coefficient (Wildman–Crippen LogP) is 0.893. The van der Waals surface area contributed by atoms with E-state index in [1.165, 1.54) is 0 Å². The maximum absolute atomic E-state index is 8.50. The average Bonchev–Trinajstić information content (AvgIpc) is 2.03. The Morgan fingerprint density at radius 2 is 1.92 bits per heavy atom. The van der Waals surface area contributed by atoms with Gasteiger partial charge in [0.2, 0.25) is 0 Å². The van der Waals surface area contributed by atoms with E-state index in [0.717, 1.165) is 3.71 Å². The molecule has 0 atom stereocenters. The van der Waals surface area contributed by atoms with Crippen LogP contribution in [0.2, 0.25) is 14.8 Å². The summed E-state index contributed by atoms with van der Waals surface area (Å²) in [7, 11) is 0. The third-order valence-corrected chi connectivity index (χ3v) is 6.66. The van der Waals surface area contributed by atoms with Crippen LogP contribution in [0.15, 0.2) is 12.4 Å². The molecule has 62 valence electrons. The molecular weight excluding hydrogens is 257 g/mol. The Morgan fingerprint density at radius 3 is 2.25 bits per heavy atom. The molecule has 0 bridgehead atoms. The second-order valence-electron chi connectivity index (χ2n) is 3.65. The molecule has 0 spiro atoms. The van der Waals surface area contributed by atoms with Crippen molar-refractivity contribution in [2.24, 2.45) is 0 Å². The Labute approximate surface area is 76.3 Å². The van der Waals surface area contributed by atoms with E-state index >= 15 is 0 Å². The van der Waals surface area contributed by atoms with Crippen molar-refractivity contribution in [1.82, 2.24) is 9.97 Å². The Kier molecular flexibility index (Phi) is 2.68. The van der Waals surface area contributed by atoms with Gasteiger partial charge in [-0.25, -0.2) is 0 Å². The molecule has 0 amide bonds. The Morgan fingerprint density at radius 1 is 1.25 bits per heavy atom. The van der Waals surface area contributed by atoms with Crippen molar-refractivity contribution in [2.45, 2.75) is 14.8 Å². The third-order valence-electron chi connectivity index (χ3n) is 1.53. The van der Waals surface area contributed by atoms with Crippen molar-refractivity contribution in [1.29, 1.82) is 5.26 Å². The van der Waals surface area contributed by atoms with Crippen LogP contribution in [0.3, 0.4) is 0 Å². The molecule has 1 aromatic heterocycles. The van der Waals surface area contributed by atoms with Crippen LogP contribution in [0.5, 0.6) is 0 Å². The summed E-state index contributed by atoms with van der Waals surface area (Å²) < 4.78 is 1.11. The van der Waals surface area contributed by atoms with Crippen LogP contribution in [0.4, 0.5) is 0 Å². The summed E-state index contributed by atoms with van der Waals surface area (Å²) in [4.78, 5) is 15.0. The first-order valence-electron chi connectivity index (χ1n) is 3.76. The fraction of sp³-hybridized carbons (Fsp3) is 0.375. The predicted molar refractivity (Wildman–Crippen MR) is 49.7 cm³/mol. The summed E-state index contributed by atoms with van der Waals surface area (Å²) in [5, 5.41) is 8.50. The number of nitrogens with zero attached hydrogens (tertiary/aromatic N) is 3. The second-order valence-corrected chi connectivity index (χ2v) is 18.0. The van der Waals surface area contributed by atoms with Gasteiger partial charge in [0.15, 0.2) is 0 Å². The summed E-state index contributed by atoms with van der Waals surface area (Å²) in [6, 6.07) is 1.96. The summed E-state index contributed by atoms with van der Waals surface area (Å²) in [5.74, 6) is 0. The monoisotopic (exact) mass is 269 g/mol. The van der Waals surface area contributed by atoms with Crippen molar-refractivity contribution in [3.8, 4) is 6.07 Å². The molecule has 0 radical (unpaired) electrons. The van der Waals surface area contributed by atoms with Gasteiger partial charge in [-0.2, -0.15) is 0 Å². The summed E-state index contributed by atoms with van der Waals surface area (Å²) in [6.45, 7) is 0. The topological polar surface area (TPSA) is 49.6 Å². The SMILES string of the molecule is [CH3][Sn]([CH3])([CH3])[c]1cnc(C#N)cn1. The van der Waals surface area contributed by atoms with E-state index in [9.17, 15) is 0 Å². The van der Waals surface area contributed by atoms with Gasteiger partial charge in [0.1, 0.15) is 0 Å². The molecule has 1 heterocycles. The van der Waals surface area contributed by atoms with E-state index in [-0.39, 0.29) is 0 Å². The van der Waals surface area contributed by atoms with Gasteiger partial charge >= 0.3 is 76.3 Å². The minimum absolute atomic E-state index is 0.397. The molecule has 0 N–H and O–H groups in total. The Hall–Kier alpha value is -0.631. The fourth-order valence-corrected chi connectivity index (χ4v) is 3.35. The van der Waals surface area contributed by atoms with E-state index in [1.54, 1.807) is 12.4 Å². The minimum atomic E-state index is -2.04. The molecule has 0 aliphatic carbocycles. The first-order chi connectivity index (χ1) is 5.54. The first kappa shape index (κ1) is 9.46. The van der Waals surface area contributed by atoms with Gasteiger partial charge < -0.3 is 0 Å². The van der Waals surface area contributed by atoms with Gasteiger partial charge in [-0.1, -0.05) is 0 Å². The normalized spacial score (nSPS) is 10.8.